The van der Waals surface area contributed by atoms with E-state index < -0.39 is 0 Å². The van der Waals surface area contributed by atoms with Crippen LogP contribution in [-0.2, 0) is 6.61 Å². The van der Waals surface area contributed by atoms with Gasteiger partial charge < -0.3 is 9.47 Å². The van der Waals surface area contributed by atoms with Crippen LogP contribution in [0.15, 0.2) is 64.1 Å². The van der Waals surface area contributed by atoms with Gasteiger partial charge in [-0.15, -0.1) is 0 Å². The summed E-state index contributed by atoms with van der Waals surface area (Å²) in [6.07, 6.45) is 1.79. The molecule has 0 unspecified atom stereocenters. The van der Waals surface area contributed by atoms with Crippen molar-refractivity contribution in [3.05, 3.63) is 85.8 Å². The van der Waals surface area contributed by atoms with Gasteiger partial charge >= 0.3 is 0 Å². The monoisotopic (exact) mass is 491 g/mol. The molecule has 0 saturated heterocycles. The molecule has 3 rings (SSSR count). The van der Waals surface area contributed by atoms with E-state index in [0.717, 1.165) is 26.9 Å². The molecule has 0 aromatic heterocycles. The lowest BCUT2D eigenvalue weighted by Crippen LogP contribution is -2.01. The highest BCUT2D eigenvalue weighted by Gasteiger charge is 2.12. The summed E-state index contributed by atoms with van der Waals surface area (Å²) < 4.78 is 12.6. The molecule has 150 valence electrons. The van der Waals surface area contributed by atoms with E-state index in [1.165, 1.54) is 0 Å². The maximum absolute atomic E-state index is 6.08. The number of ether oxygens (including phenoxy) is 2. The number of aryl methyl sites for hydroxylation is 1. The van der Waals surface area contributed by atoms with Gasteiger partial charge in [-0.3, -0.25) is 4.99 Å². The first-order valence-electron chi connectivity index (χ1n) is 9.10. The number of nitrogens with zero attached hydrogens (tertiary/aromatic N) is 1. The lowest BCUT2D eigenvalue weighted by molar-refractivity contribution is 0.267. The lowest BCUT2D eigenvalue weighted by Gasteiger charge is -2.15. The zero-order valence-corrected chi connectivity index (χ0v) is 19.2. The first-order valence-corrected chi connectivity index (χ1v) is 10.6. The Labute approximate surface area is 189 Å². The van der Waals surface area contributed by atoms with E-state index in [1.807, 2.05) is 68.4 Å². The molecule has 0 aliphatic rings. The maximum atomic E-state index is 6.08. The van der Waals surface area contributed by atoms with E-state index in [2.05, 4.69) is 20.9 Å². The van der Waals surface area contributed by atoms with E-state index in [-0.39, 0.29) is 0 Å². The minimum absolute atomic E-state index is 0.408. The number of hydrogen-bond donors (Lipinski definition) is 0. The van der Waals surface area contributed by atoms with Crippen LogP contribution in [0.5, 0.6) is 11.5 Å². The molecule has 0 fully saturated rings. The predicted molar refractivity (Wildman–Crippen MR) is 125 cm³/mol. The Bertz CT molecular complexity index is 1020. The summed E-state index contributed by atoms with van der Waals surface area (Å²) in [4.78, 5) is 4.57. The third-order valence-electron chi connectivity index (χ3n) is 4.15. The van der Waals surface area contributed by atoms with Gasteiger partial charge in [0.05, 0.1) is 16.8 Å². The molecule has 29 heavy (non-hydrogen) atoms. The molecule has 0 N–H and O–H groups in total. The van der Waals surface area contributed by atoms with Crippen molar-refractivity contribution < 1.29 is 9.47 Å². The summed E-state index contributed by atoms with van der Waals surface area (Å²) in [7, 11) is 0. The molecule has 0 radical (unpaired) electrons. The highest BCUT2D eigenvalue weighted by Crippen LogP contribution is 2.37. The maximum Gasteiger partial charge on any atom is 0.175 e. The van der Waals surface area contributed by atoms with Gasteiger partial charge in [0.1, 0.15) is 6.61 Å². The molecule has 0 aliphatic heterocycles. The number of halogens is 3. The molecule has 0 spiro atoms. The number of hydrogen-bond acceptors (Lipinski definition) is 3. The van der Waals surface area contributed by atoms with E-state index in [0.29, 0.717) is 34.8 Å². The van der Waals surface area contributed by atoms with Crippen molar-refractivity contribution in [3.63, 3.8) is 0 Å². The molecular formula is C23H20BrCl2NO2. The zero-order chi connectivity index (χ0) is 20.8. The Kier molecular flexibility index (Phi) is 7.59. The van der Waals surface area contributed by atoms with Crippen molar-refractivity contribution in [3.8, 4) is 11.5 Å². The molecule has 3 aromatic carbocycles. The quantitative estimate of drug-likeness (QED) is 0.315. The summed E-state index contributed by atoms with van der Waals surface area (Å²) in [6.45, 7) is 4.87. The minimum Gasteiger partial charge on any atom is -0.490 e. The Morgan fingerprint density at radius 3 is 2.41 bits per heavy atom. The van der Waals surface area contributed by atoms with Gasteiger partial charge in [0, 0.05) is 16.3 Å². The van der Waals surface area contributed by atoms with Gasteiger partial charge in [-0.25, -0.2) is 0 Å². The molecule has 6 heteroatoms. The highest BCUT2D eigenvalue weighted by molar-refractivity contribution is 9.10. The summed E-state index contributed by atoms with van der Waals surface area (Å²) >= 11 is 15.6. The van der Waals surface area contributed by atoms with E-state index in [1.54, 1.807) is 6.21 Å². The van der Waals surface area contributed by atoms with E-state index >= 15 is 0 Å². The van der Waals surface area contributed by atoms with Crippen molar-refractivity contribution in [1.29, 1.82) is 0 Å². The molecule has 0 aliphatic carbocycles. The van der Waals surface area contributed by atoms with Crippen LogP contribution in [0.1, 0.15) is 23.6 Å². The van der Waals surface area contributed by atoms with Crippen LogP contribution in [0.3, 0.4) is 0 Å². The van der Waals surface area contributed by atoms with Crippen molar-refractivity contribution >= 4 is 51.0 Å². The van der Waals surface area contributed by atoms with Gasteiger partial charge in [-0.2, -0.15) is 0 Å². The molecule has 3 aromatic rings. The summed E-state index contributed by atoms with van der Waals surface area (Å²) in [6, 6.07) is 17.1. The molecule has 0 amide bonds. The van der Waals surface area contributed by atoms with Gasteiger partial charge in [0.25, 0.3) is 0 Å². The minimum atomic E-state index is 0.408. The van der Waals surface area contributed by atoms with Crippen molar-refractivity contribution in [2.24, 2.45) is 4.99 Å². The number of benzene rings is 3. The fourth-order valence-electron chi connectivity index (χ4n) is 2.67. The second-order valence-corrected chi connectivity index (χ2v) is 8.09. The van der Waals surface area contributed by atoms with Crippen LogP contribution < -0.4 is 9.47 Å². The van der Waals surface area contributed by atoms with Crippen LogP contribution in [-0.4, -0.2) is 12.8 Å². The number of aliphatic imine (C=N–C) groups is 1. The zero-order valence-electron chi connectivity index (χ0n) is 16.1. The van der Waals surface area contributed by atoms with Crippen LogP contribution in [0.25, 0.3) is 0 Å². The molecule has 0 heterocycles. The van der Waals surface area contributed by atoms with Crippen LogP contribution >= 0.6 is 39.1 Å². The summed E-state index contributed by atoms with van der Waals surface area (Å²) in [5.74, 6) is 1.30. The van der Waals surface area contributed by atoms with E-state index in [9.17, 15) is 0 Å². The molecule has 0 atom stereocenters. The van der Waals surface area contributed by atoms with Gasteiger partial charge in [0.15, 0.2) is 11.5 Å². The van der Waals surface area contributed by atoms with Crippen molar-refractivity contribution in [1.82, 2.24) is 0 Å². The first-order chi connectivity index (χ1) is 14.0. The average Bonchev–Trinajstić information content (AvgIpc) is 2.69. The smallest absolute Gasteiger partial charge is 0.175 e. The third kappa shape index (κ3) is 5.99. The van der Waals surface area contributed by atoms with Gasteiger partial charge in [0.2, 0.25) is 0 Å². The largest absolute Gasteiger partial charge is 0.490 e. The average molecular weight is 493 g/mol. The fourth-order valence-corrected chi connectivity index (χ4v) is 3.53. The molecule has 0 bridgehead atoms. The first kappa shape index (κ1) is 21.7. The van der Waals surface area contributed by atoms with Crippen LogP contribution in [0, 0.1) is 6.92 Å². The summed E-state index contributed by atoms with van der Waals surface area (Å²) in [5.41, 5.74) is 3.79. The Morgan fingerprint density at radius 1 is 0.966 bits per heavy atom. The van der Waals surface area contributed by atoms with Crippen molar-refractivity contribution in [2.45, 2.75) is 20.5 Å². The Morgan fingerprint density at radius 2 is 1.69 bits per heavy atom. The van der Waals surface area contributed by atoms with Crippen molar-refractivity contribution in [2.75, 3.05) is 6.61 Å². The van der Waals surface area contributed by atoms with Gasteiger partial charge in [-0.05, 0) is 82.9 Å². The molecule has 3 nitrogen and oxygen atoms in total. The van der Waals surface area contributed by atoms with Gasteiger partial charge in [-0.1, -0.05) is 41.4 Å². The SMILES string of the molecule is CCOc1cc(C=Nc2cc(Cl)ccc2C)cc(Br)c1OCc1ccc(Cl)cc1. The van der Waals surface area contributed by atoms with Crippen LogP contribution in [0.2, 0.25) is 10.0 Å². The third-order valence-corrected chi connectivity index (χ3v) is 5.23. The lowest BCUT2D eigenvalue weighted by atomic mass is 10.2. The fraction of sp³-hybridized carbons (Fsp3) is 0.174. The van der Waals surface area contributed by atoms with E-state index in [4.69, 9.17) is 32.7 Å². The second kappa shape index (κ2) is 10.1. The molecular weight excluding hydrogens is 473 g/mol. The second-order valence-electron chi connectivity index (χ2n) is 6.37. The number of rotatable bonds is 7. The summed E-state index contributed by atoms with van der Waals surface area (Å²) in [5, 5.41) is 1.35. The highest BCUT2D eigenvalue weighted by atomic mass is 79.9. The normalized spacial score (nSPS) is 11.1. The predicted octanol–water partition coefficient (Wildman–Crippen LogP) is 7.79. The topological polar surface area (TPSA) is 30.8 Å². The standard InChI is InChI=1S/C23H20BrCl2NO2/c1-3-28-22-11-17(13-27-21-12-19(26)7-4-15(21)2)10-20(24)23(22)29-14-16-5-8-18(25)9-6-16/h4-13H,3,14H2,1-2H3. The van der Waals surface area contributed by atoms with Crippen LogP contribution in [0.4, 0.5) is 5.69 Å². The Balaban J connectivity index is 1.84. The Hall–Kier alpha value is -2.01. The molecule has 0 saturated carbocycles.